The molecule has 0 saturated heterocycles. The number of nitrogens with zero attached hydrogens (tertiary/aromatic N) is 1. The molecule has 0 amide bonds. The summed E-state index contributed by atoms with van der Waals surface area (Å²) in [5, 5.41) is 10.1. The Bertz CT molecular complexity index is 650. The summed E-state index contributed by atoms with van der Waals surface area (Å²) < 4.78 is 23.3. The Balaban J connectivity index is 1.88. The Morgan fingerprint density at radius 1 is 1.14 bits per heavy atom. The van der Waals surface area contributed by atoms with Gasteiger partial charge in [0.2, 0.25) is 0 Å². The second-order valence-corrected chi connectivity index (χ2v) is 6.73. The highest BCUT2D eigenvalue weighted by Gasteiger charge is 2.24. The predicted molar refractivity (Wildman–Crippen MR) is 86.9 cm³/mol. The fourth-order valence-corrected chi connectivity index (χ4v) is 3.84. The van der Waals surface area contributed by atoms with Crippen LogP contribution >= 0.6 is 11.8 Å². The Kier molecular flexibility index (Phi) is 4.80. The molecule has 7 heteroatoms. The van der Waals surface area contributed by atoms with E-state index in [1.807, 2.05) is 53.4 Å². The van der Waals surface area contributed by atoms with Crippen molar-refractivity contribution in [2.24, 2.45) is 0 Å². The third-order valence-corrected chi connectivity index (χ3v) is 4.89. The lowest BCUT2D eigenvalue weighted by molar-refractivity contribution is 0.186. The summed E-state index contributed by atoms with van der Waals surface area (Å²) >= 11 is -0.672. The third-order valence-electron chi connectivity index (χ3n) is 3.36. The van der Waals surface area contributed by atoms with Crippen LogP contribution in [0.3, 0.4) is 0 Å². The number of hydrogen-bond acceptors (Lipinski definition) is 5. The molecule has 0 saturated carbocycles. The van der Waals surface area contributed by atoms with Crippen LogP contribution in [0.5, 0.6) is 0 Å². The molecule has 1 aliphatic heterocycles. The van der Waals surface area contributed by atoms with Crippen molar-refractivity contribution in [3.8, 4) is 0 Å². The zero-order valence-electron chi connectivity index (χ0n) is 11.6. The van der Waals surface area contributed by atoms with Crippen LogP contribution in [0.15, 0.2) is 58.3 Å². The molecular weight excluding hydrogens is 320 g/mol. The minimum Gasteiger partial charge on any atom is -0.760 e. The van der Waals surface area contributed by atoms with Gasteiger partial charge in [0, 0.05) is 27.6 Å². The molecule has 0 radical (unpaired) electrons. The van der Waals surface area contributed by atoms with Crippen molar-refractivity contribution in [2.75, 3.05) is 18.0 Å². The van der Waals surface area contributed by atoms with Gasteiger partial charge in [-0.3, -0.25) is 4.21 Å². The van der Waals surface area contributed by atoms with Gasteiger partial charge in [-0.05, 0) is 24.3 Å². The largest absolute Gasteiger partial charge is 0.760 e. The van der Waals surface area contributed by atoms with E-state index in [4.69, 9.17) is 0 Å². The zero-order valence-corrected chi connectivity index (χ0v) is 13.3. The Morgan fingerprint density at radius 2 is 1.68 bits per heavy atom. The number of anilines is 2. The molecule has 0 aromatic heterocycles. The van der Waals surface area contributed by atoms with Crippen LogP contribution in [0.4, 0.5) is 11.4 Å². The smallest absolute Gasteiger partial charge is 0.0853 e. The quantitative estimate of drug-likeness (QED) is 0.818. The van der Waals surface area contributed by atoms with Crippen LogP contribution in [0, 0.1) is 0 Å². The summed E-state index contributed by atoms with van der Waals surface area (Å²) in [4.78, 5) is 4.27. The fraction of sp³-hybridized carbons (Fsp3) is 0.200. The van der Waals surface area contributed by atoms with E-state index >= 15 is 0 Å². The van der Waals surface area contributed by atoms with Gasteiger partial charge in [-0.15, -0.1) is 0 Å². The average molecular weight is 335 g/mol. The highest BCUT2D eigenvalue weighted by Crippen LogP contribution is 2.47. The van der Waals surface area contributed by atoms with Gasteiger partial charge < -0.3 is 14.6 Å². The van der Waals surface area contributed by atoms with E-state index < -0.39 is 17.4 Å². The number of benzene rings is 2. The normalized spacial score (nSPS) is 15.8. The maximum Gasteiger partial charge on any atom is 0.0853 e. The molecule has 116 valence electrons. The number of nitrogens with one attached hydrogen (secondary N) is 1. The molecule has 22 heavy (non-hydrogen) atoms. The van der Waals surface area contributed by atoms with Crippen molar-refractivity contribution >= 4 is 34.4 Å². The summed E-state index contributed by atoms with van der Waals surface area (Å²) in [7, 11) is 0. The van der Waals surface area contributed by atoms with Crippen molar-refractivity contribution in [3.05, 3.63) is 48.5 Å². The second-order valence-electron chi connectivity index (χ2n) is 4.89. The van der Waals surface area contributed by atoms with Gasteiger partial charge in [-0.25, -0.2) is 4.72 Å². The fourth-order valence-electron chi connectivity index (χ4n) is 2.42. The molecule has 1 aliphatic rings. The number of para-hydroxylation sites is 2. The second kappa shape index (κ2) is 6.80. The minimum atomic E-state index is -2.37. The molecule has 1 heterocycles. The lowest BCUT2D eigenvalue weighted by atomic mass is 10.2. The van der Waals surface area contributed by atoms with Gasteiger partial charge >= 0.3 is 0 Å². The first kappa shape index (κ1) is 15.5. The van der Waals surface area contributed by atoms with Crippen LogP contribution in [-0.4, -0.2) is 33.1 Å². The molecule has 2 unspecified atom stereocenters. The van der Waals surface area contributed by atoms with Gasteiger partial charge in [0.05, 0.1) is 24.0 Å². The lowest BCUT2D eigenvalue weighted by Gasteiger charge is -2.34. The van der Waals surface area contributed by atoms with Gasteiger partial charge in [-0.2, -0.15) is 0 Å². The van der Waals surface area contributed by atoms with Gasteiger partial charge in [0.15, 0.2) is 0 Å². The van der Waals surface area contributed by atoms with Gasteiger partial charge in [0.1, 0.15) is 0 Å². The molecule has 2 atom stereocenters. The Labute approximate surface area is 135 Å². The topological polar surface area (TPSA) is 75.6 Å². The highest BCUT2D eigenvalue weighted by atomic mass is 32.2. The zero-order chi connectivity index (χ0) is 15.5. The number of aliphatic hydroxyl groups excluding tert-OH is 1. The molecule has 2 aromatic carbocycles. The van der Waals surface area contributed by atoms with Crippen LogP contribution in [0.2, 0.25) is 0 Å². The number of hydrogen-bond donors (Lipinski definition) is 2. The number of β-amino-alcohol motifs (C(OH)–C–C–N with tert-alkyl or cyclic N) is 1. The summed E-state index contributed by atoms with van der Waals surface area (Å²) in [5.41, 5.74) is 2.04. The molecule has 0 aliphatic carbocycles. The van der Waals surface area contributed by atoms with E-state index in [9.17, 15) is 13.9 Å². The van der Waals surface area contributed by atoms with E-state index in [0.29, 0.717) is 6.54 Å². The molecule has 0 spiro atoms. The van der Waals surface area contributed by atoms with E-state index in [1.165, 1.54) is 0 Å². The summed E-state index contributed by atoms with van der Waals surface area (Å²) in [6, 6.07) is 16.0. The highest BCUT2D eigenvalue weighted by molar-refractivity contribution is 7.99. The summed E-state index contributed by atoms with van der Waals surface area (Å²) in [6.07, 6.45) is -0.804. The van der Waals surface area contributed by atoms with E-state index in [2.05, 4.69) is 4.72 Å². The molecule has 2 N–H and O–H groups in total. The van der Waals surface area contributed by atoms with Crippen LogP contribution < -0.4 is 9.62 Å². The predicted octanol–water partition coefficient (Wildman–Crippen LogP) is 2.03. The molecule has 0 fully saturated rings. The first-order valence-electron chi connectivity index (χ1n) is 6.79. The standard InChI is InChI=1S/C15H16N2O3S2/c18-11(9-16-22(19)20)10-17-12-5-1-3-7-14(12)21-15-8-4-2-6-13(15)17/h1-8,11,16,18H,9-10H2,(H,19,20)/p-1. The summed E-state index contributed by atoms with van der Waals surface area (Å²) in [6.45, 7) is 0.308. The number of aliphatic hydroxyl groups is 1. The van der Waals surface area contributed by atoms with E-state index in [0.717, 1.165) is 21.2 Å². The van der Waals surface area contributed by atoms with Crippen molar-refractivity contribution in [1.82, 2.24) is 4.72 Å². The molecule has 3 rings (SSSR count). The minimum absolute atomic E-state index is 0.00983. The Hall–Kier alpha value is -1.38. The van der Waals surface area contributed by atoms with Crippen molar-refractivity contribution < 1.29 is 13.9 Å². The number of rotatable bonds is 5. The first-order chi connectivity index (χ1) is 10.6. The van der Waals surface area contributed by atoms with Crippen LogP contribution in [0.25, 0.3) is 0 Å². The van der Waals surface area contributed by atoms with Gasteiger partial charge in [-0.1, -0.05) is 36.0 Å². The van der Waals surface area contributed by atoms with Gasteiger partial charge in [0.25, 0.3) is 0 Å². The Morgan fingerprint density at radius 3 is 2.23 bits per heavy atom. The lowest BCUT2D eigenvalue weighted by Crippen LogP contribution is -2.37. The first-order valence-corrected chi connectivity index (χ1v) is 8.68. The number of fused-ring (bicyclic) bond motifs is 2. The van der Waals surface area contributed by atoms with Crippen LogP contribution in [-0.2, 0) is 11.3 Å². The molecular formula is C15H15N2O3S2-. The maximum absolute atomic E-state index is 10.6. The monoisotopic (exact) mass is 335 g/mol. The molecule has 0 bridgehead atoms. The molecule has 2 aromatic rings. The van der Waals surface area contributed by atoms with Crippen molar-refractivity contribution in [1.29, 1.82) is 0 Å². The maximum atomic E-state index is 10.6. The van der Waals surface area contributed by atoms with Crippen molar-refractivity contribution in [2.45, 2.75) is 15.9 Å². The van der Waals surface area contributed by atoms with E-state index in [1.54, 1.807) is 11.8 Å². The van der Waals surface area contributed by atoms with Crippen molar-refractivity contribution in [3.63, 3.8) is 0 Å². The average Bonchev–Trinajstić information content (AvgIpc) is 2.52. The SMILES string of the molecule is O=S([O-])NCC(O)CN1c2ccccc2Sc2ccccc21. The van der Waals surface area contributed by atoms with Crippen LogP contribution in [0.1, 0.15) is 0 Å². The van der Waals surface area contributed by atoms with E-state index in [-0.39, 0.29) is 6.54 Å². The third kappa shape index (κ3) is 3.34. The summed E-state index contributed by atoms with van der Waals surface area (Å²) in [5.74, 6) is 0. The molecule has 5 nitrogen and oxygen atoms in total.